The summed E-state index contributed by atoms with van der Waals surface area (Å²) < 4.78 is 0. The third kappa shape index (κ3) is 5.83. The highest BCUT2D eigenvalue weighted by Gasteiger charge is 2.06. The summed E-state index contributed by atoms with van der Waals surface area (Å²) in [5.74, 6) is 5.12. The van der Waals surface area contributed by atoms with Crippen LogP contribution in [0.3, 0.4) is 0 Å². The van der Waals surface area contributed by atoms with Gasteiger partial charge in [0.15, 0.2) is 0 Å². The van der Waals surface area contributed by atoms with E-state index in [1.807, 2.05) is 12.1 Å². The van der Waals surface area contributed by atoms with Crippen molar-refractivity contribution in [1.82, 2.24) is 5.32 Å². The van der Waals surface area contributed by atoms with E-state index in [1.54, 1.807) is 24.3 Å². The molecule has 0 heterocycles. The van der Waals surface area contributed by atoms with Gasteiger partial charge in [0.2, 0.25) is 0 Å². The zero-order valence-corrected chi connectivity index (χ0v) is 16.8. The van der Waals surface area contributed by atoms with Crippen LogP contribution in [0.25, 0.3) is 0 Å². The first-order valence-electron chi connectivity index (χ1n) is 9.82. The minimum absolute atomic E-state index is 0.198. The van der Waals surface area contributed by atoms with Gasteiger partial charge in [-0.25, -0.2) is 4.79 Å². The Labute approximate surface area is 176 Å². The van der Waals surface area contributed by atoms with Crippen LogP contribution in [0.15, 0.2) is 72.8 Å². The molecule has 0 saturated carbocycles. The molecule has 4 heteroatoms. The third-order valence-electron chi connectivity index (χ3n) is 4.74. The summed E-state index contributed by atoms with van der Waals surface area (Å²) in [6.07, 6.45) is 1.68. The van der Waals surface area contributed by atoms with E-state index < -0.39 is 5.97 Å². The van der Waals surface area contributed by atoms with Gasteiger partial charge in [0.05, 0.1) is 5.56 Å². The topological polar surface area (TPSA) is 66.4 Å². The molecule has 3 aromatic rings. The van der Waals surface area contributed by atoms with Crippen LogP contribution in [0, 0.1) is 11.8 Å². The average molecular weight is 397 g/mol. The summed E-state index contributed by atoms with van der Waals surface area (Å²) in [6.45, 7) is 2.45. The molecule has 4 nitrogen and oxygen atoms in total. The summed E-state index contributed by atoms with van der Waals surface area (Å²) >= 11 is 0. The van der Waals surface area contributed by atoms with Crippen LogP contribution in [0.1, 0.15) is 49.9 Å². The molecule has 0 spiro atoms. The van der Waals surface area contributed by atoms with E-state index in [-0.39, 0.29) is 11.5 Å². The van der Waals surface area contributed by atoms with E-state index in [1.165, 1.54) is 23.3 Å². The fourth-order valence-corrected chi connectivity index (χ4v) is 2.93. The number of hydrogen-bond acceptors (Lipinski definition) is 2. The lowest BCUT2D eigenvalue weighted by Crippen LogP contribution is -2.22. The highest BCUT2D eigenvalue weighted by Crippen LogP contribution is 2.08. The molecule has 3 aromatic carbocycles. The number of aryl methyl sites for hydroxylation is 1. The Hall–Kier alpha value is -3.84. The largest absolute Gasteiger partial charge is 0.478 e. The van der Waals surface area contributed by atoms with Crippen molar-refractivity contribution in [3.05, 3.63) is 106 Å². The normalized spacial score (nSPS) is 10.0. The van der Waals surface area contributed by atoms with Crippen molar-refractivity contribution in [2.45, 2.75) is 26.3 Å². The molecular weight excluding hydrogens is 374 g/mol. The fourth-order valence-electron chi connectivity index (χ4n) is 2.93. The lowest BCUT2D eigenvalue weighted by Gasteiger charge is -2.06. The third-order valence-corrected chi connectivity index (χ3v) is 4.74. The van der Waals surface area contributed by atoms with Crippen molar-refractivity contribution < 1.29 is 14.7 Å². The van der Waals surface area contributed by atoms with Crippen LogP contribution in [-0.4, -0.2) is 17.0 Å². The number of carboxylic acids is 1. The molecule has 0 aliphatic heterocycles. The summed E-state index contributed by atoms with van der Waals surface area (Å²) in [5, 5.41) is 11.8. The molecule has 0 saturated heterocycles. The van der Waals surface area contributed by atoms with Crippen LogP contribution in [-0.2, 0) is 19.4 Å². The molecule has 30 heavy (non-hydrogen) atoms. The molecular formula is C26H23NO3. The second-order valence-electron chi connectivity index (χ2n) is 6.91. The average Bonchev–Trinajstić information content (AvgIpc) is 2.78. The van der Waals surface area contributed by atoms with Crippen molar-refractivity contribution in [2.75, 3.05) is 0 Å². The van der Waals surface area contributed by atoms with Gasteiger partial charge in [-0.1, -0.05) is 61.2 Å². The molecule has 2 N–H and O–H groups in total. The Morgan fingerprint density at radius 3 is 2.20 bits per heavy atom. The zero-order valence-electron chi connectivity index (χ0n) is 16.8. The summed E-state index contributed by atoms with van der Waals surface area (Å²) in [5.41, 5.74) is 4.86. The number of aromatic carboxylic acids is 1. The number of benzene rings is 3. The van der Waals surface area contributed by atoms with Crippen molar-refractivity contribution in [3.63, 3.8) is 0 Å². The first-order valence-corrected chi connectivity index (χ1v) is 9.82. The van der Waals surface area contributed by atoms with Gasteiger partial charge >= 0.3 is 5.97 Å². The van der Waals surface area contributed by atoms with Crippen LogP contribution in [0.2, 0.25) is 0 Å². The molecule has 0 unspecified atom stereocenters. The van der Waals surface area contributed by atoms with E-state index in [0.29, 0.717) is 18.5 Å². The lowest BCUT2D eigenvalue weighted by molar-refractivity contribution is 0.0696. The van der Waals surface area contributed by atoms with Crippen LogP contribution >= 0.6 is 0 Å². The highest BCUT2D eigenvalue weighted by molar-refractivity contribution is 5.94. The molecule has 0 radical (unpaired) electrons. The molecule has 0 aromatic heterocycles. The minimum Gasteiger partial charge on any atom is -0.478 e. The van der Waals surface area contributed by atoms with Gasteiger partial charge in [0.25, 0.3) is 5.91 Å². The Bertz CT molecular complexity index is 1090. The van der Waals surface area contributed by atoms with Crippen molar-refractivity contribution >= 4 is 11.9 Å². The van der Waals surface area contributed by atoms with E-state index in [2.05, 4.69) is 48.3 Å². The second-order valence-corrected chi connectivity index (χ2v) is 6.91. The SMILES string of the molecule is CCc1ccc(CC#Cc2cccc(C(=O)NCc3ccc(C(=O)O)cc3)c2)cc1. The van der Waals surface area contributed by atoms with Crippen LogP contribution < -0.4 is 5.32 Å². The van der Waals surface area contributed by atoms with Gasteiger partial charge in [-0.3, -0.25) is 4.79 Å². The molecule has 0 fully saturated rings. The first kappa shape index (κ1) is 20.9. The molecule has 1 amide bonds. The van der Waals surface area contributed by atoms with Gasteiger partial charge in [-0.2, -0.15) is 0 Å². The number of carbonyl (C=O) groups excluding carboxylic acids is 1. The number of nitrogens with one attached hydrogen (secondary N) is 1. The van der Waals surface area contributed by atoms with Gasteiger partial charge in [-0.15, -0.1) is 0 Å². The second kappa shape index (κ2) is 10.1. The first-order chi connectivity index (χ1) is 14.5. The van der Waals surface area contributed by atoms with Gasteiger partial charge in [-0.05, 0) is 53.4 Å². The quantitative estimate of drug-likeness (QED) is 0.603. The Morgan fingerprint density at radius 1 is 0.867 bits per heavy atom. The number of carbonyl (C=O) groups is 2. The number of rotatable bonds is 6. The molecule has 150 valence electrons. The van der Waals surface area contributed by atoms with E-state index in [4.69, 9.17) is 5.11 Å². The van der Waals surface area contributed by atoms with E-state index in [0.717, 1.165) is 17.5 Å². The standard InChI is InChI=1S/C26H23NO3/c1-2-19-9-11-20(12-10-19)5-3-6-21-7-4-8-24(17-21)25(28)27-18-22-13-15-23(16-14-22)26(29)30/h4,7-17H,2,5,18H2,1H3,(H,27,28)(H,29,30). The van der Waals surface area contributed by atoms with Crippen molar-refractivity contribution in [2.24, 2.45) is 0 Å². The van der Waals surface area contributed by atoms with Crippen molar-refractivity contribution in [3.8, 4) is 11.8 Å². The van der Waals surface area contributed by atoms with Crippen LogP contribution in [0.5, 0.6) is 0 Å². The molecule has 0 aliphatic carbocycles. The Morgan fingerprint density at radius 2 is 1.53 bits per heavy atom. The number of amides is 1. The minimum atomic E-state index is -0.971. The van der Waals surface area contributed by atoms with Crippen molar-refractivity contribution in [1.29, 1.82) is 0 Å². The van der Waals surface area contributed by atoms with Gasteiger partial charge in [0, 0.05) is 24.1 Å². The smallest absolute Gasteiger partial charge is 0.335 e. The molecule has 3 rings (SSSR count). The summed E-state index contributed by atoms with van der Waals surface area (Å²) in [7, 11) is 0. The monoisotopic (exact) mass is 397 g/mol. The maximum Gasteiger partial charge on any atom is 0.335 e. The Kier molecular flexibility index (Phi) is 7.02. The lowest BCUT2D eigenvalue weighted by atomic mass is 10.1. The predicted molar refractivity (Wildman–Crippen MR) is 117 cm³/mol. The van der Waals surface area contributed by atoms with E-state index >= 15 is 0 Å². The molecule has 0 atom stereocenters. The number of carboxylic acid groups (broad SMARTS) is 1. The molecule has 0 aliphatic rings. The highest BCUT2D eigenvalue weighted by atomic mass is 16.4. The summed E-state index contributed by atoms with van der Waals surface area (Å²) in [6, 6.07) is 22.1. The van der Waals surface area contributed by atoms with E-state index in [9.17, 15) is 9.59 Å². The zero-order chi connectivity index (χ0) is 21.3. The predicted octanol–water partition coefficient (Wildman–Crippen LogP) is 4.47. The van der Waals surface area contributed by atoms with Crippen LogP contribution in [0.4, 0.5) is 0 Å². The Balaban J connectivity index is 1.58. The molecule has 0 bridgehead atoms. The fraction of sp³-hybridized carbons (Fsp3) is 0.154. The summed E-state index contributed by atoms with van der Waals surface area (Å²) in [4.78, 5) is 23.3. The van der Waals surface area contributed by atoms with Gasteiger partial charge in [0.1, 0.15) is 0 Å². The van der Waals surface area contributed by atoms with Gasteiger partial charge < -0.3 is 10.4 Å². The maximum absolute atomic E-state index is 12.4. The number of hydrogen-bond donors (Lipinski definition) is 2. The maximum atomic E-state index is 12.4.